The lowest BCUT2D eigenvalue weighted by atomic mass is 9.67. The lowest BCUT2D eigenvalue weighted by Gasteiger charge is -2.36. The van der Waals surface area contributed by atoms with Crippen molar-refractivity contribution in [3.8, 4) is 11.5 Å². The highest BCUT2D eigenvalue weighted by molar-refractivity contribution is 5.45. The lowest BCUT2D eigenvalue weighted by molar-refractivity contribution is 0.381. The fourth-order valence-corrected chi connectivity index (χ4v) is 4.69. The predicted molar refractivity (Wildman–Crippen MR) is 113 cm³/mol. The molecule has 2 N–H and O–H groups in total. The molecule has 0 spiro atoms. The van der Waals surface area contributed by atoms with Crippen LogP contribution in [0.1, 0.15) is 87.3 Å². The third-order valence-electron chi connectivity index (χ3n) is 6.38. The first-order chi connectivity index (χ1) is 13.1. The Morgan fingerprint density at radius 1 is 0.630 bits per heavy atom. The van der Waals surface area contributed by atoms with Crippen molar-refractivity contribution in [2.45, 2.75) is 83.0 Å². The monoisotopic (exact) mass is 366 g/mol. The van der Waals surface area contributed by atoms with Crippen LogP contribution in [0, 0.1) is 6.92 Å². The number of hydrogen-bond acceptors (Lipinski definition) is 2. The van der Waals surface area contributed by atoms with E-state index < -0.39 is 0 Å². The van der Waals surface area contributed by atoms with Crippen LogP contribution < -0.4 is 0 Å². The molecule has 1 aliphatic rings. The van der Waals surface area contributed by atoms with Crippen molar-refractivity contribution in [3.05, 3.63) is 59.2 Å². The number of benzene rings is 2. The minimum absolute atomic E-state index is 0.0364. The molecule has 0 bridgehead atoms. The van der Waals surface area contributed by atoms with Gasteiger partial charge in [-0.15, -0.1) is 0 Å². The number of aromatic hydroxyl groups is 2. The molecule has 2 aromatic carbocycles. The van der Waals surface area contributed by atoms with Crippen LogP contribution in [0.4, 0.5) is 0 Å². The van der Waals surface area contributed by atoms with E-state index in [4.69, 9.17) is 0 Å². The van der Waals surface area contributed by atoms with Crippen molar-refractivity contribution in [2.75, 3.05) is 0 Å². The fourth-order valence-electron chi connectivity index (χ4n) is 4.69. The Labute approximate surface area is 164 Å². The summed E-state index contributed by atoms with van der Waals surface area (Å²) in [6, 6.07) is 14.0. The Balaban J connectivity index is 2.02. The van der Waals surface area contributed by atoms with Gasteiger partial charge in [0.25, 0.3) is 0 Å². The standard InChI is InChI=1S/C25H34O2/c1-20-19-22(13-16-24(20)27)25(21-11-14-23(26)15-12-21)17-9-7-5-3-2-4-6-8-10-18-25/h11-16,19,26-27H,2-10,17-18H2,1H3. The molecular formula is C25H34O2. The number of phenols is 2. The molecule has 2 heteroatoms. The zero-order valence-corrected chi connectivity index (χ0v) is 16.7. The maximum atomic E-state index is 10.1. The third-order valence-corrected chi connectivity index (χ3v) is 6.38. The molecule has 27 heavy (non-hydrogen) atoms. The van der Waals surface area contributed by atoms with Gasteiger partial charge in [-0.25, -0.2) is 0 Å². The van der Waals surface area contributed by atoms with Gasteiger partial charge in [0.05, 0.1) is 0 Å². The number of hydrogen-bond donors (Lipinski definition) is 2. The third kappa shape index (κ3) is 4.86. The Hall–Kier alpha value is -1.96. The maximum Gasteiger partial charge on any atom is 0.118 e. The number of aryl methyl sites for hydroxylation is 1. The van der Waals surface area contributed by atoms with Crippen LogP contribution in [-0.4, -0.2) is 10.2 Å². The predicted octanol–water partition coefficient (Wildman–Crippen LogP) is 7.00. The van der Waals surface area contributed by atoms with Crippen molar-refractivity contribution in [1.29, 1.82) is 0 Å². The van der Waals surface area contributed by atoms with E-state index in [0.717, 1.165) is 18.4 Å². The fraction of sp³-hybridized carbons (Fsp3) is 0.520. The van der Waals surface area contributed by atoms with Crippen molar-refractivity contribution in [2.24, 2.45) is 0 Å². The van der Waals surface area contributed by atoms with Crippen LogP contribution in [0.3, 0.4) is 0 Å². The molecule has 0 saturated heterocycles. The summed E-state index contributed by atoms with van der Waals surface area (Å²) in [7, 11) is 0. The molecule has 1 saturated carbocycles. The van der Waals surface area contributed by atoms with Crippen LogP contribution in [0.2, 0.25) is 0 Å². The Morgan fingerprint density at radius 2 is 1.11 bits per heavy atom. The first-order valence-electron chi connectivity index (χ1n) is 10.7. The van der Waals surface area contributed by atoms with Crippen LogP contribution in [0.5, 0.6) is 11.5 Å². The molecule has 0 heterocycles. The van der Waals surface area contributed by atoms with Gasteiger partial charge in [0.1, 0.15) is 11.5 Å². The van der Waals surface area contributed by atoms with Crippen LogP contribution in [0.15, 0.2) is 42.5 Å². The van der Waals surface area contributed by atoms with E-state index in [1.807, 2.05) is 25.1 Å². The number of rotatable bonds is 2. The zero-order chi connectivity index (χ0) is 19.1. The molecule has 0 amide bonds. The van der Waals surface area contributed by atoms with E-state index in [2.05, 4.69) is 24.3 Å². The van der Waals surface area contributed by atoms with Crippen molar-refractivity contribution < 1.29 is 10.2 Å². The van der Waals surface area contributed by atoms with Crippen molar-refractivity contribution >= 4 is 0 Å². The normalized spacial score (nSPS) is 19.0. The van der Waals surface area contributed by atoms with E-state index >= 15 is 0 Å². The van der Waals surface area contributed by atoms with Crippen LogP contribution in [-0.2, 0) is 5.41 Å². The van der Waals surface area contributed by atoms with Gasteiger partial charge in [-0.3, -0.25) is 0 Å². The summed E-state index contributed by atoms with van der Waals surface area (Å²) < 4.78 is 0. The number of phenolic OH excluding ortho intramolecular Hbond substituents is 2. The summed E-state index contributed by atoms with van der Waals surface area (Å²) in [4.78, 5) is 0. The summed E-state index contributed by atoms with van der Waals surface area (Å²) in [6.07, 6.45) is 14.1. The summed E-state index contributed by atoms with van der Waals surface area (Å²) >= 11 is 0. The Morgan fingerprint density at radius 3 is 1.63 bits per heavy atom. The molecule has 3 rings (SSSR count). The first kappa shape index (κ1) is 19.8. The second kappa shape index (κ2) is 9.30. The van der Waals surface area contributed by atoms with Crippen LogP contribution in [0.25, 0.3) is 0 Å². The van der Waals surface area contributed by atoms with Gasteiger partial charge in [-0.05, 0) is 54.7 Å². The second-order valence-electron chi connectivity index (χ2n) is 8.31. The van der Waals surface area contributed by atoms with Gasteiger partial charge in [0.15, 0.2) is 0 Å². The molecule has 0 aliphatic heterocycles. The SMILES string of the molecule is Cc1cc(C2(c3ccc(O)cc3)CCCCCCCCCCC2)ccc1O. The van der Waals surface area contributed by atoms with E-state index in [0.29, 0.717) is 11.5 Å². The Kier molecular flexibility index (Phi) is 6.82. The van der Waals surface area contributed by atoms with Gasteiger partial charge in [-0.2, -0.15) is 0 Å². The van der Waals surface area contributed by atoms with Gasteiger partial charge in [0, 0.05) is 5.41 Å². The second-order valence-corrected chi connectivity index (χ2v) is 8.31. The molecule has 1 fully saturated rings. The summed E-state index contributed by atoms with van der Waals surface area (Å²) in [5, 5.41) is 19.9. The molecule has 146 valence electrons. The van der Waals surface area contributed by atoms with E-state index in [9.17, 15) is 10.2 Å². The van der Waals surface area contributed by atoms with E-state index in [-0.39, 0.29) is 5.41 Å². The Bertz CT molecular complexity index is 706. The van der Waals surface area contributed by atoms with Gasteiger partial charge < -0.3 is 10.2 Å². The molecule has 1 aliphatic carbocycles. The lowest BCUT2D eigenvalue weighted by Crippen LogP contribution is -2.28. The molecule has 0 atom stereocenters. The summed E-state index contributed by atoms with van der Waals surface area (Å²) in [6.45, 7) is 1.98. The smallest absolute Gasteiger partial charge is 0.118 e. The molecular weight excluding hydrogens is 332 g/mol. The average molecular weight is 367 g/mol. The van der Waals surface area contributed by atoms with Gasteiger partial charge >= 0.3 is 0 Å². The highest BCUT2D eigenvalue weighted by atomic mass is 16.3. The molecule has 0 unspecified atom stereocenters. The topological polar surface area (TPSA) is 40.5 Å². The summed E-state index contributed by atoms with van der Waals surface area (Å²) in [5.41, 5.74) is 3.51. The molecule has 2 nitrogen and oxygen atoms in total. The molecule has 0 radical (unpaired) electrons. The van der Waals surface area contributed by atoms with Gasteiger partial charge in [0.2, 0.25) is 0 Å². The van der Waals surface area contributed by atoms with E-state index in [1.54, 1.807) is 0 Å². The van der Waals surface area contributed by atoms with E-state index in [1.165, 1.54) is 68.9 Å². The molecule has 2 aromatic rings. The average Bonchev–Trinajstić information content (AvgIpc) is 2.66. The van der Waals surface area contributed by atoms with Crippen LogP contribution >= 0.6 is 0 Å². The highest BCUT2D eigenvalue weighted by Crippen LogP contribution is 2.43. The minimum Gasteiger partial charge on any atom is -0.508 e. The molecule has 0 aromatic heterocycles. The van der Waals surface area contributed by atoms with Crippen molar-refractivity contribution in [1.82, 2.24) is 0 Å². The zero-order valence-electron chi connectivity index (χ0n) is 16.7. The quantitative estimate of drug-likeness (QED) is 0.601. The maximum absolute atomic E-state index is 10.1. The first-order valence-corrected chi connectivity index (χ1v) is 10.7. The summed E-state index contributed by atoms with van der Waals surface area (Å²) in [5.74, 6) is 0.691. The van der Waals surface area contributed by atoms with Gasteiger partial charge in [-0.1, -0.05) is 82.1 Å². The highest BCUT2D eigenvalue weighted by Gasteiger charge is 2.33. The largest absolute Gasteiger partial charge is 0.508 e. The minimum atomic E-state index is -0.0364. The van der Waals surface area contributed by atoms with Crippen molar-refractivity contribution in [3.63, 3.8) is 0 Å².